The van der Waals surface area contributed by atoms with E-state index >= 15 is 0 Å². The maximum atomic E-state index is 6.20. The number of anilines is 1. The van der Waals surface area contributed by atoms with Gasteiger partial charge < -0.3 is 5.73 Å². The number of nitrogen functional groups attached to an aromatic ring is 1. The van der Waals surface area contributed by atoms with Crippen molar-refractivity contribution in [3.63, 3.8) is 0 Å². The van der Waals surface area contributed by atoms with Crippen LogP contribution in [0.15, 0.2) is 41.0 Å². The maximum Gasteiger partial charge on any atom is 0.153 e. The fourth-order valence-corrected chi connectivity index (χ4v) is 2.86. The van der Waals surface area contributed by atoms with Crippen molar-refractivity contribution in [3.8, 4) is 11.3 Å². The average Bonchev–Trinajstić information content (AvgIpc) is 2.69. The molecular formula is C13H8BrCl2N3. The standard InChI is InChI=1S/C13H8BrCl2N3/c14-9-2-1-5-19-12(17)11(18-13(9)19)8-4-3-7(15)6-10(8)16/h1-6H,17H2. The molecule has 0 unspecified atom stereocenters. The van der Waals surface area contributed by atoms with E-state index < -0.39 is 0 Å². The highest BCUT2D eigenvalue weighted by molar-refractivity contribution is 9.10. The largest absolute Gasteiger partial charge is 0.383 e. The van der Waals surface area contributed by atoms with Crippen LogP contribution in [0.2, 0.25) is 10.0 Å². The molecule has 2 aromatic heterocycles. The maximum absolute atomic E-state index is 6.20. The van der Waals surface area contributed by atoms with Crippen molar-refractivity contribution in [2.24, 2.45) is 0 Å². The zero-order valence-electron chi connectivity index (χ0n) is 9.57. The van der Waals surface area contributed by atoms with E-state index in [1.165, 1.54) is 0 Å². The topological polar surface area (TPSA) is 43.3 Å². The average molecular weight is 357 g/mol. The van der Waals surface area contributed by atoms with Crippen LogP contribution in [0.25, 0.3) is 16.9 Å². The Bertz CT molecular complexity index is 783. The molecule has 96 valence electrons. The summed E-state index contributed by atoms with van der Waals surface area (Å²) >= 11 is 15.6. The van der Waals surface area contributed by atoms with Crippen LogP contribution in [0, 0.1) is 0 Å². The first-order chi connectivity index (χ1) is 9.08. The van der Waals surface area contributed by atoms with Crippen LogP contribution in [0.4, 0.5) is 5.82 Å². The van der Waals surface area contributed by atoms with E-state index in [0.717, 1.165) is 15.7 Å². The minimum absolute atomic E-state index is 0.527. The first kappa shape index (κ1) is 12.8. The molecule has 2 heterocycles. The number of fused-ring (bicyclic) bond motifs is 1. The zero-order chi connectivity index (χ0) is 13.6. The molecule has 6 heteroatoms. The molecule has 3 rings (SSSR count). The quantitative estimate of drug-likeness (QED) is 0.689. The fraction of sp³-hybridized carbons (Fsp3) is 0. The molecule has 3 nitrogen and oxygen atoms in total. The molecule has 1 aromatic carbocycles. The van der Waals surface area contributed by atoms with Gasteiger partial charge in [0.2, 0.25) is 0 Å². The van der Waals surface area contributed by atoms with Crippen molar-refractivity contribution in [1.82, 2.24) is 9.38 Å². The molecule has 0 aliphatic heterocycles. The molecule has 0 bridgehead atoms. The monoisotopic (exact) mass is 355 g/mol. The second kappa shape index (κ2) is 4.71. The second-order valence-corrected chi connectivity index (χ2v) is 5.72. The number of hydrogen-bond donors (Lipinski definition) is 1. The lowest BCUT2D eigenvalue weighted by Crippen LogP contribution is -1.94. The highest BCUT2D eigenvalue weighted by Crippen LogP contribution is 2.34. The SMILES string of the molecule is Nc1c(-c2ccc(Cl)cc2Cl)nc2c(Br)cccn12. The van der Waals surface area contributed by atoms with E-state index in [-0.39, 0.29) is 0 Å². The zero-order valence-corrected chi connectivity index (χ0v) is 12.7. The number of benzene rings is 1. The predicted molar refractivity (Wildman–Crippen MR) is 82.8 cm³/mol. The first-order valence-corrected chi connectivity index (χ1v) is 7.00. The van der Waals surface area contributed by atoms with Crippen molar-refractivity contribution in [1.29, 1.82) is 0 Å². The van der Waals surface area contributed by atoms with Gasteiger partial charge in [-0.1, -0.05) is 23.2 Å². The highest BCUT2D eigenvalue weighted by Gasteiger charge is 2.15. The highest BCUT2D eigenvalue weighted by atomic mass is 79.9. The molecule has 0 atom stereocenters. The number of imidazole rings is 1. The molecule has 0 spiro atoms. The Morgan fingerprint density at radius 3 is 2.68 bits per heavy atom. The third-order valence-electron chi connectivity index (χ3n) is 2.83. The van der Waals surface area contributed by atoms with Crippen molar-refractivity contribution in [2.45, 2.75) is 0 Å². The van der Waals surface area contributed by atoms with Gasteiger partial charge in [0.1, 0.15) is 11.5 Å². The number of hydrogen-bond acceptors (Lipinski definition) is 2. The Balaban J connectivity index is 2.31. The first-order valence-electron chi connectivity index (χ1n) is 5.45. The van der Waals surface area contributed by atoms with Crippen LogP contribution in [0.5, 0.6) is 0 Å². The van der Waals surface area contributed by atoms with E-state index in [2.05, 4.69) is 20.9 Å². The van der Waals surface area contributed by atoms with Gasteiger partial charge in [-0.15, -0.1) is 0 Å². The molecule has 0 radical (unpaired) electrons. The van der Waals surface area contributed by atoms with Gasteiger partial charge in [-0.3, -0.25) is 4.40 Å². The number of halogens is 3. The summed E-state index contributed by atoms with van der Waals surface area (Å²) < 4.78 is 2.68. The van der Waals surface area contributed by atoms with Gasteiger partial charge in [-0.05, 0) is 46.3 Å². The summed E-state index contributed by atoms with van der Waals surface area (Å²) in [7, 11) is 0. The second-order valence-electron chi connectivity index (χ2n) is 4.02. The molecule has 2 N–H and O–H groups in total. The number of nitrogens with zero attached hydrogens (tertiary/aromatic N) is 2. The van der Waals surface area contributed by atoms with Crippen LogP contribution in [0.3, 0.4) is 0 Å². The van der Waals surface area contributed by atoms with Crippen LogP contribution >= 0.6 is 39.1 Å². The number of nitrogens with two attached hydrogens (primary N) is 1. The minimum atomic E-state index is 0.527. The molecule has 0 amide bonds. The van der Waals surface area contributed by atoms with Gasteiger partial charge in [0.25, 0.3) is 0 Å². The van der Waals surface area contributed by atoms with E-state index in [1.807, 2.05) is 28.8 Å². The summed E-state index contributed by atoms with van der Waals surface area (Å²) in [4.78, 5) is 4.54. The van der Waals surface area contributed by atoms with E-state index in [4.69, 9.17) is 28.9 Å². The molecular weight excluding hydrogens is 349 g/mol. The third kappa shape index (κ3) is 2.10. The summed E-state index contributed by atoms with van der Waals surface area (Å²) in [6.45, 7) is 0. The Morgan fingerprint density at radius 1 is 1.21 bits per heavy atom. The lowest BCUT2D eigenvalue weighted by molar-refractivity contribution is 1.19. The summed E-state index contributed by atoms with van der Waals surface area (Å²) in [6.07, 6.45) is 1.86. The van der Waals surface area contributed by atoms with E-state index in [1.54, 1.807) is 12.1 Å². The van der Waals surface area contributed by atoms with Crippen molar-refractivity contribution in [3.05, 3.63) is 51.0 Å². The van der Waals surface area contributed by atoms with Gasteiger partial charge in [0.05, 0.1) is 9.50 Å². The molecule has 0 aliphatic carbocycles. The summed E-state index contributed by atoms with van der Waals surface area (Å²) in [5.41, 5.74) is 8.30. The Hall–Kier alpha value is -1.23. The lowest BCUT2D eigenvalue weighted by atomic mass is 10.1. The number of aromatic nitrogens is 2. The lowest BCUT2D eigenvalue weighted by Gasteiger charge is -2.02. The molecule has 3 aromatic rings. The number of pyridine rings is 1. The predicted octanol–water partition coefficient (Wildman–Crippen LogP) is 4.65. The van der Waals surface area contributed by atoms with Crippen LogP contribution in [-0.4, -0.2) is 9.38 Å². The van der Waals surface area contributed by atoms with Gasteiger partial charge in [-0.25, -0.2) is 4.98 Å². The van der Waals surface area contributed by atoms with Gasteiger partial charge in [0, 0.05) is 16.8 Å². The van der Waals surface area contributed by atoms with E-state index in [9.17, 15) is 0 Å². The van der Waals surface area contributed by atoms with Crippen molar-refractivity contribution < 1.29 is 0 Å². The third-order valence-corrected chi connectivity index (χ3v) is 3.99. The van der Waals surface area contributed by atoms with Gasteiger partial charge in [-0.2, -0.15) is 0 Å². The molecule has 0 fully saturated rings. The van der Waals surface area contributed by atoms with Crippen molar-refractivity contribution in [2.75, 3.05) is 5.73 Å². The van der Waals surface area contributed by atoms with Crippen LogP contribution < -0.4 is 5.73 Å². The van der Waals surface area contributed by atoms with E-state index in [0.29, 0.717) is 21.6 Å². The summed E-state index contributed by atoms with van der Waals surface area (Å²) in [6, 6.07) is 9.06. The van der Waals surface area contributed by atoms with Crippen LogP contribution in [-0.2, 0) is 0 Å². The molecule has 19 heavy (non-hydrogen) atoms. The summed E-state index contributed by atoms with van der Waals surface area (Å²) in [5.74, 6) is 0.542. The fourth-order valence-electron chi connectivity index (χ4n) is 1.93. The smallest absolute Gasteiger partial charge is 0.153 e. The van der Waals surface area contributed by atoms with Gasteiger partial charge >= 0.3 is 0 Å². The number of rotatable bonds is 1. The Labute approximate surface area is 128 Å². The Kier molecular flexibility index (Phi) is 3.17. The molecule has 0 saturated carbocycles. The summed E-state index contributed by atoms with van der Waals surface area (Å²) in [5, 5.41) is 1.11. The normalized spacial score (nSPS) is 11.1. The van der Waals surface area contributed by atoms with Crippen molar-refractivity contribution >= 4 is 50.6 Å². The minimum Gasteiger partial charge on any atom is -0.383 e. The molecule has 0 aliphatic rings. The van der Waals surface area contributed by atoms with Gasteiger partial charge in [0.15, 0.2) is 5.65 Å². The van der Waals surface area contributed by atoms with Crippen LogP contribution in [0.1, 0.15) is 0 Å². The Morgan fingerprint density at radius 2 is 2.00 bits per heavy atom. The molecule has 0 saturated heterocycles.